The van der Waals surface area contributed by atoms with Gasteiger partial charge in [0.05, 0.1) is 0 Å². The van der Waals surface area contributed by atoms with Gasteiger partial charge in [0.15, 0.2) is 0 Å². The molecule has 0 saturated carbocycles. The molecule has 0 aliphatic heterocycles. The van der Waals surface area contributed by atoms with E-state index in [1.54, 1.807) is 0 Å². The number of unbranched alkanes of at least 4 members (excludes halogenated alkanes) is 13. The van der Waals surface area contributed by atoms with Crippen molar-refractivity contribution in [3.63, 3.8) is 0 Å². The first-order valence-electron chi connectivity index (χ1n) is 17.3. The third-order valence-corrected chi connectivity index (χ3v) is 9.57. The summed E-state index contributed by atoms with van der Waals surface area (Å²) in [7, 11) is 0. The van der Waals surface area contributed by atoms with Gasteiger partial charge < -0.3 is 5.11 Å². The topological polar surface area (TPSA) is 20.2 Å². The van der Waals surface area contributed by atoms with Crippen molar-refractivity contribution in [3.8, 4) is 5.75 Å². The zero-order valence-electron chi connectivity index (χ0n) is 27.7. The van der Waals surface area contributed by atoms with Crippen LogP contribution in [-0.4, -0.2) is 5.11 Å². The van der Waals surface area contributed by atoms with Crippen molar-refractivity contribution >= 4 is 0 Å². The van der Waals surface area contributed by atoms with E-state index in [1.165, 1.54) is 118 Å². The third-order valence-electron chi connectivity index (χ3n) is 9.57. The lowest BCUT2D eigenvalue weighted by Gasteiger charge is -2.27. The molecule has 0 radical (unpaired) electrons. The van der Waals surface area contributed by atoms with E-state index in [-0.39, 0.29) is 5.41 Å². The summed E-state index contributed by atoms with van der Waals surface area (Å²) in [6, 6.07) is 24.0. The minimum atomic E-state index is -0.0288. The van der Waals surface area contributed by atoms with Crippen LogP contribution in [0.15, 0.2) is 66.7 Å². The summed E-state index contributed by atoms with van der Waals surface area (Å²) in [4.78, 5) is 0. The Morgan fingerprint density at radius 1 is 0.643 bits per heavy atom. The molecule has 3 rings (SSSR count). The number of aromatic hydroxyl groups is 1. The first-order valence-corrected chi connectivity index (χ1v) is 17.3. The van der Waals surface area contributed by atoms with Crippen LogP contribution in [0.4, 0.5) is 0 Å². The Balaban J connectivity index is 1.40. The maximum atomic E-state index is 10.7. The standard InChI is InChI=1S/C41H60O/c1-6-7-8-9-10-11-12-13-14-15-16-17-18-20-23-33(2)39-32-35(26-29-40(39)42)31-36-27-28-38(30-34(36)3)41(4,5)37-24-21-19-22-25-37/h19,21-22,24-30,32-33,42H,6-18,20,23,31H2,1-5H3. The number of rotatable bonds is 20. The maximum Gasteiger partial charge on any atom is 0.119 e. The predicted molar refractivity (Wildman–Crippen MR) is 184 cm³/mol. The van der Waals surface area contributed by atoms with E-state index < -0.39 is 0 Å². The molecule has 1 heteroatoms. The van der Waals surface area contributed by atoms with Crippen LogP contribution in [0.2, 0.25) is 0 Å². The zero-order chi connectivity index (χ0) is 30.2. The van der Waals surface area contributed by atoms with E-state index in [0.29, 0.717) is 11.7 Å². The van der Waals surface area contributed by atoms with Gasteiger partial charge in [-0.25, -0.2) is 0 Å². The highest BCUT2D eigenvalue weighted by molar-refractivity contribution is 5.45. The fourth-order valence-electron chi connectivity index (χ4n) is 6.43. The molecule has 0 spiro atoms. The molecule has 0 fully saturated rings. The molecule has 1 atom stereocenters. The van der Waals surface area contributed by atoms with Crippen molar-refractivity contribution in [2.24, 2.45) is 0 Å². The Labute approximate surface area is 259 Å². The van der Waals surface area contributed by atoms with E-state index in [1.807, 2.05) is 6.07 Å². The van der Waals surface area contributed by atoms with Gasteiger partial charge in [0.25, 0.3) is 0 Å². The molecule has 1 unspecified atom stereocenters. The fourth-order valence-corrected chi connectivity index (χ4v) is 6.43. The van der Waals surface area contributed by atoms with Crippen LogP contribution < -0.4 is 0 Å². The van der Waals surface area contributed by atoms with Gasteiger partial charge in [0.1, 0.15) is 5.75 Å². The van der Waals surface area contributed by atoms with Crippen LogP contribution in [0.25, 0.3) is 0 Å². The van der Waals surface area contributed by atoms with E-state index >= 15 is 0 Å². The third kappa shape index (κ3) is 10.9. The summed E-state index contributed by atoms with van der Waals surface area (Å²) >= 11 is 0. The number of phenolic OH excluding ortho intramolecular Hbond substituents is 1. The van der Waals surface area contributed by atoms with Gasteiger partial charge in [0, 0.05) is 5.41 Å². The van der Waals surface area contributed by atoms with Crippen molar-refractivity contribution in [1.82, 2.24) is 0 Å². The lowest BCUT2D eigenvalue weighted by Crippen LogP contribution is -2.19. The van der Waals surface area contributed by atoms with E-state index in [4.69, 9.17) is 0 Å². The molecule has 0 saturated heterocycles. The lowest BCUT2D eigenvalue weighted by atomic mass is 9.77. The molecule has 0 aromatic heterocycles. The number of hydrogen-bond donors (Lipinski definition) is 1. The van der Waals surface area contributed by atoms with Gasteiger partial charge in [-0.05, 0) is 65.1 Å². The predicted octanol–water partition coefficient (Wildman–Crippen LogP) is 12.6. The molecule has 0 bridgehead atoms. The van der Waals surface area contributed by atoms with Gasteiger partial charge in [-0.1, -0.05) is 178 Å². The maximum absolute atomic E-state index is 10.7. The lowest BCUT2D eigenvalue weighted by molar-refractivity contribution is 0.456. The summed E-state index contributed by atoms with van der Waals surface area (Å²) in [6.07, 6.45) is 21.5. The number of hydrogen-bond acceptors (Lipinski definition) is 1. The second kappa shape index (κ2) is 18.2. The van der Waals surface area contributed by atoms with E-state index in [9.17, 15) is 5.11 Å². The summed E-state index contributed by atoms with van der Waals surface area (Å²) in [5, 5.41) is 10.7. The fraction of sp³-hybridized carbons (Fsp3) is 0.561. The summed E-state index contributed by atoms with van der Waals surface area (Å²) in [5.74, 6) is 0.839. The molecule has 0 aliphatic carbocycles. The van der Waals surface area contributed by atoms with Crippen LogP contribution in [0, 0.1) is 6.92 Å². The molecule has 1 nitrogen and oxygen atoms in total. The van der Waals surface area contributed by atoms with Crippen LogP contribution in [0.3, 0.4) is 0 Å². The molecule has 42 heavy (non-hydrogen) atoms. The summed E-state index contributed by atoms with van der Waals surface area (Å²) in [6.45, 7) is 11.4. The van der Waals surface area contributed by atoms with Crippen molar-refractivity contribution in [1.29, 1.82) is 0 Å². The number of aryl methyl sites for hydroxylation is 1. The van der Waals surface area contributed by atoms with E-state index in [2.05, 4.69) is 95.3 Å². The normalized spacial score (nSPS) is 12.5. The number of benzene rings is 3. The molecule has 0 aliphatic rings. The Hall–Kier alpha value is -2.54. The molecular formula is C41H60O. The highest BCUT2D eigenvalue weighted by atomic mass is 16.3. The minimum Gasteiger partial charge on any atom is -0.508 e. The van der Waals surface area contributed by atoms with Crippen LogP contribution in [0.1, 0.15) is 163 Å². The second-order valence-electron chi connectivity index (χ2n) is 13.5. The van der Waals surface area contributed by atoms with Crippen molar-refractivity contribution in [2.75, 3.05) is 0 Å². The largest absolute Gasteiger partial charge is 0.508 e. The average Bonchev–Trinajstić information content (AvgIpc) is 2.99. The SMILES string of the molecule is CCCCCCCCCCCCCCCCC(C)c1cc(Cc2ccc(C(C)(C)c3ccccc3)cc2C)ccc1O. The Morgan fingerprint density at radius 3 is 1.79 bits per heavy atom. The Bertz CT molecular complexity index is 1160. The van der Waals surface area contributed by atoms with Gasteiger partial charge in [-0.3, -0.25) is 0 Å². The molecule has 1 N–H and O–H groups in total. The van der Waals surface area contributed by atoms with Crippen molar-refractivity contribution < 1.29 is 5.11 Å². The van der Waals surface area contributed by atoms with Crippen LogP contribution >= 0.6 is 0 Å². The number of phenols is 1. The summed E-state index contributed by atoms with van der Waals surface area (Å²) in [5.41, 5.74) is 7.76. The molecule has 3 aromatic rings. The van der Waals surface area contributed by atoms with Gasteiger partial charge in [-0.2, -0.15) is 0 Å². The van der Waals surface area contributed by atoms with Crippen molar-refractivity contribution in [3.05, 3.63) is 100 Å². The minimum absolute atomic E-state index is 0.0288. The zero-order valence-corrected chi connectivity index (χ0v) is 27.7. The van der Waals surface area contributed by atoms with E-state index in [0.717, 1.165) is 18.4 Å². The first kappa shape index (κ1) is 34.0. The average molecular weight is 569 g/mol. The van der Waals surface area contributed by atoms with Crippen molar-refractivity contribution in [2.45, 2.75) is 149 Å². The monoisotopic (exact) mass is 568 g/mol. The second-order valence-corrected chi connectivity index (χ2v) is 13.5. The highest BCUT2D eigenvalue weighted by Gasteiger charge is 2.23. The summed E-state index contributed by atoms with van der Waals surface area (Å²) < 4.78 is 0. The molecule has 3 aromatic carbocycles. The molecule has 230 valence electrons. The smallest absolute Gasteiger partial charge is 0.119 e. The van der Waals surface area contributed by atoms with Gasteiger partial charge in [-0.15, -0.1) is 0 Å². The Kier molecular flexibility index (Phi) is 14.7. The van der Waals surface area contributed by atoms with Crippen LogP contribution in [0.5, 0.6) is 5.75 Å². The van der Waals surface area contributed by atoms with Gasteiger partial charge >= 0.3 is 0 Å². The molecule has 0 amide bonds. The Morgan fingerprint density at radius 2 is 1.21 bits per heavy atom. The molecule has 0 heterocycles. The van der Waals surface area contributed by atoms with Crippen LogP contribution in [-0.2, 0) is 11.8 Å². The molecular weight excluding hydrogens is 508 g/mol. The first-order chi connectivity index (χ1) is 20.3. The van der Waals surface area contributed by atoms with Gasteiger partial charge in [0.2, 0.25) is 0 Å². The quantitative estimate of drug-likeness (QED) is 0.134. The highest BCUT2D eigenvalue weighted by Crippen LogP contribution is 2.34.